The van der Waals surface area contributed by atoms with Gasteiger partial charge in [0.1, 0.15) is 5.76 Å². The number of furan rings is 1. The summed E-state index contributed by atoms with van der Waals surface area (Å²) in [5.74, 6) is 0.970. The van der Waals surface area contributed by atoms with Crippen molar-refractivity contribution in [3.05, 3.63) is 82.8 Å². The molecular weight excluding hydrogens is 350 g/mol. The molecule has 0 fully saturated rings. The van der Waals surface area contributed by atoms with Crippen LogP contribution < -0.4 is 10.7 Å². The van der Waals surface area contributed by atoms with E-state index in [0.29, 0.717) is 5.76 Å². The Morgan fingerprint density at radius 1 is 0.964 bits per heavy atom. The van der Waals surface area contributed by atoms with Gasteiger partial charge in [-0.1, -0.05) is 35.9 Å². The highest BCUT2D eigenvalue weighted by Crippen LogP contribution is 2.30. The number of benzene rings is 2. The summed E-state index contributed by atoms with van der Waals surface area (Å²) < 4.78 is 5.96. The van der Waals surface area contributed by atoms with Crippen molar-refractivity contribution in [2.45, 2.75) is 33.1 Å². The van der Waals surface area contributed by atoms with Crippen LogP contribution in [0.4, 0.5) is 11.4 Å². The average molecular weight is 373 g/mol. The normalized spacial score (nSPS) is 14.6. The molecule has 2 N–H and O–H groups in total. The van der Waals surface area contributed by atoms with Crippen LogP contribution in [0.3, 0.4) is 0 Å². The number of hydrazone groups is 1. The molecule has 5 heteroatoms. The molecule has 1 heterocycles. The van der Waals surface area contributed by atoms with Gasteiger partial charge in [-0.3, -0.25) is 10.2 Å². The van der Waals surface area contributed by atoms with Crippen LogP contribution in [0.15, 0.2) is 64.1 Å². The lowest BCUT2D eigenvalue weighted by Crippen LogP contribution is -2.14. The van der Waals surface area contributed by atoms with Crippen LogP contribution in [0.25, 0.3) is 0 Å². The molecule has 0 unspecified atom stereocenters. The summed E-state index contributed by atoms with van der Waals surface area (Å²) in [5, 5.41) is 7.52. The van der Waals surface area contributed by atoms with Crippen LogP contribution >= 0.6 is 0 Å². The van der Waals surface area contributed by atoms with E-state index in [2.05, 4.69) is 15.8 Å². The van der Waals surface area contributed by atoms with Crippen LogP contribution in [0.5, 0.6) is 0 Å². The monoisotopic (exact) mass is 373 g/mol. The van der Waals surface area contributed by atoms with E-state index >= 15 is 0 Å². The summed E-state index contributed by atoms with van der Waals surface area (Å²) in [5.41, 5.74) is 8.68. The fourth-order valence-corrected chi connectivity index (χ4v) is 3.47. The molecule has 4 rings (SSSR count). The van der Waals surface area contributed by atoms with Gasteiger partial charge in [-0.2, -0.15) is 5.10 Å². The Morgan fingerprint density at radius 2 is 1.71 bits per heavy atom. The highest BCUT2D eigenvalue weighted by Gasteiger charge is 2.28. The van der Waals surface area contributed by atoms with Crippen LogP contribution in [-0.4, -0.2) is 11.6 Å². The number of aryl methyl sites for hydroxylation is 2. The van der Waals surface area contributed by atoms with Gasteiger partial charge in [0.25, 0.3) is 5.91 Å². The van der Waals surface area contributed by atoms with Gasteiger partial charge < -0.3 is 9.73 Å². The molecule has 28 heavy (non-hydrogen) atoms. The Bertz CT molecular complexity index is 1020. The van der Waals surface area contributed by atoms with Crippen molar-refractivity contribution in [2.75, 3.05) is 10.7 Å². The summed E-state index contributed by atoms with van der Waals surface area (Å²) in [7, 11) is 0. The fourth-order valence-electron chi connectivity index (χ4n) is 3.47. The Morgan fingerprint density at radius 3 is 2.46 bits per heavy atom. The summed E-state index contributed by atoms with van der Waals surface area (Å²) >= 11 is 0. The van der Waals surface area contributed by atoms with Gasteiger partial charge in [0, 0.05) is 23.2 Å². The van der Waals surface area contributed by atoms with Gasteiger partial charge in [-0.15, -0.1) is 0 Å². The third-order valence-electron chi connectivity index (χ3n) is 4.94. The maximum atomic E-state index is 12.8. The molecule has 0 aliphatic heterocycles. The average Bonchev–Trinajstić information content (AvgIpc) is 3.06. The Hall–Kier alpha value is -3.34. The third kappa shape index (κ3) is 3.69. The van der Waals surface area contributed by atoms with Crippen molar-refractivity contribution in [3.63, 3.8) is 0 Å². The van der Waals surface area contributed by atoms with Gasteiger partial charge in [-0.05, 0) is 51.0 Å². The zero-order chi connectivity index (χ0) is 19.5. The summed E-state index contributed by atoms with van der Waals surface area (Å²) in [4.78, 5) is 12.8. The molecule has 142 valence electrons. The highest BCUT2D eigenvalue weighted by atomic mass is 16.4. The first-order valence-electron chi connectivity index (χ1n) is 9.50. The summed E-state index contributed by atoms with van der Waals surface area (Å²) in [6.07, 6.45) is 2.62. The number of fused-ring (bicyclic) bond motifs is 1. The highest BCUT2D eigenvalue weighted by molar-refractivity contribution is 6.09. The number of rotatable bonds is 4. The van der Waals surface area contributed by atoms with Gasteiger partial charge in [0.05, 0.1) is 11.4 Å². The minimum atomic E-state index is -0.230. The molecule has 5 nitrogen and oxygen atoms in total. The van der Waals surface area contributed by atoms with Crippen LogP contribution in [0.2, 0.25) is 0 Å². The number of carbonyl (C=O) groups is 1. The lowest BCUT2D eigenvalue weighted by Gasteiger charge is -2.13. The van der Waals surface area contributed by atoms with E-state index in [1.54, 1.807) is 0 Å². The molecular formula is C23H23N3O2. The van der Waals surface area contributed by atoms with Gasteiger partial charge in [0.15, 0.2) is 5.76 Å². The first-order chi connectivity index (χ1) is 13.6. The lowest BCUT2D eigenvalue weighted by atomic mass is 9.93. The molecule has 1 aliphatic rings. The molecule has 0 radical (unpaired) electrons. The Labute approximate surface area is 164 Å². The maximum Gasteiger partial charge on any atom is 0.291 e. The van der Waals surface area contributed by atoms with Crippen molar-refractivity contribution in [1.29, 1.82) is 0 Å². The topological polar surface area (TPSA) is 66.6 Å². The number of nitrogens with one attached hydrogen (secondary N) is 2. The van der Waals surface area contributed by atoms with E-state index < -0.39 is 0 Å². The number of nitrogens with zero attached hydrogens (tertiary/aromatic N) is 1. The molecule has 1 aliphatic carbocycles. The zero-order valence-electron chi connectivity index (χ0n) is 16.1. The molecule has 0 spiro atoms. The second-order valence-corrected chi connectivity index (χ2v) is 7.06. The number of carbonyl (C=O) groups excluding carboxylic acids is 1. The second-order valence-electron chi connectivity index (χ2n) is 7.06. The van der Waals surface area contributed by atoms with E-state index in [4.69, 9.17) is 4.42 Å². The largest absolute Gasteiger partial charge is 0.455 e. The van der Waals surface area contributed by atoms with Crippen LogP contribution in [-0.2, 0) is 6.42 Å². The standard InChI is InChI=1S/C23H23N3O2/c1-15-11-13-17(14-12-15)24-23(27)22-16(2)21-19(9-6-10-20(21)28-22)26-25-18-7-4-3-5-8-18/h3-5,7-8,11-14,25H,6,9-10H2,1-2H3,(H,24,27)/b26-19+. The number of hydrogen-bond donors (Lipinski definition) is 2. The molecule has 0 atom stereocenters. The lowest BCUT2D eigenvalue weighted by molar-refractivity contribution is 0.0994. The van der Waals surface area contributed by atoms with Gasteiger partial charge in [0.2, 0.25) is 0 Å². The summed E-state index contributed by atoms with van der Waals surface area (Å²) in [6, 6.07) is 17.6. The second kappa shape index (κ2) is 7.72. The maximum absolute atomic E-state index is 12.8. The SMILES string of the molecule is Cc1ccc(NC(=O)c2oc3c(c2C)/C(=N/Nc2ccccc2)CCC3)cc1. The summed E-state index contributed by atoms with van der Waals surface area (Å²) in [6.45, 7) is 3.94. The Kier molecular flexibility index (Phi) is 4.98. The van der Waals surface area contributed by atoms with Gasteiger partial charge in [-0.25, -0.2) is 0 Å². The predicted molar refractivity (Wildman–Crippen MR) is 112 cm³/mol. The van der Waals surface area contributed by atoms with E-state index in [9.17, 15) is 4.79 Å². The molecule has 0 saturated carbocycles. The number of anilines is 2. The minimum Gasteiger partial charge on any atom is -0.455 e. The van der Waals surface area contributed by atoms with Crippen molar-refractivity contribution in [1.82, 2.24) is 0 Å². The zero-order valence-corrected chi connectivity index (χ0v) is 16.1. The van der Waals surface area contributed by atoms with Crippen molar-refractivity contribution < 1.29 is 9.21 Å². The number of hydrogen-bond acceptors (Lipinski definition) is 4. The number of amides is 1. The van der Waals surface area contributed by atoms with E-state index in [-0.39, 0.29) is 5.91 Å². The third-order valence-corrected chi connectivity index (χ3v) is 4.94. The first kappa shape index (κ1) is 18.0. The fraction of sp³-hybridized carbons (Fsp3) is 0.217. The molecule has 3 aromatic rings. The molecule has 2 aromatic carbocycles. The van der Waals surface area contributed by atoms with E-state index in [1.165, 1.54) is 0 Å². The smallest absolute Gasteiger partial charge is 0.291 e. The molecule has 0 saturated heterocycles. The predicted octanol–water partition coefficient (Wildman–Crippen LogP) is 5.30. The van der Waals surface area contributed by atoms with Crippen molar-refractivity contribution >= 4 is 23.0 Å². The Balaban J connectivity index is 1.59. The molecule has 1 aromatic heterocycles. The van der Waals surface area contributed by atoms with Crippen molar-refractivity contribution in [3.8, 4) is 0 Å². The molecule has 0 bridgehead atoms. The number of para-hydroxylation sites is 1. The quantitative estimate of drug-likeness (QED) is 0.610. The van der Waals surface area contributed by atoms with E-state index in [1.807, 2.05) is 68.4 Å². The van der Waals surface area contributed by atoms with Crippen molar-refractivity contribution in [2.24, 2.45) is 5.10 Å². The minimum absolute atomic E-state index is 0.230. The van der Waals surface area contributed by atoms with Crippen LogP contribution in [0.1, 0.15) is 45.8 Å². The van der Waals surface area contributed by atoms with Crippen LogP contribution in [0, 0.1) is 13.8 Å². The molecule has 1 amide bonds. The van der Waals surface area contributed by atoms with E-state index in [0.717, 1.165) is 58.8 Å². The first-order valence-corrected chi connectivity index (χ1v) is 9.50. The van der Waals surface area contributed by atoms with Gasteiger partial charge >= 0.3 is 0 Å².